The van der Waals surface area contributed by atoms with Crippen molar-refractivity contribution in [3.8, 4) is 0 Å². The summed E-state index contributed by atoms with van der Waals surface area (Å²) in [5.74, 6) is 1.62. The second-order valence-corrected chi connectivity index (χ2v) is 11.7. The number of hydrogen-bond donors (Lipinski definition) is 1. The predicted octanol–water partition coefficient (Wildman–Crippen LogP) is 3.66. The smallest absolute Gasteiger partial charge is 0.223 e. The fourth-order valence-corrected chi connectivity index (χ4v) is 8.39. The molecular weight excluding hydrogens is 394 g/mol. The molecule has 1 aromatic heterocycles. The molecule has 160 valence electrons. The van der Waals surface area contributed by atoms with Crippen molar-refractivity contribution in [3.05, 3.63) is 29.3 Å². The van der Waals surface area contributed by atoms with E-state index >= 15 is 0 Å². The molecule has 4 atom stereocenters. The Kier molecular flexibility index (Phi) is 4.49. The molecule has 2 heterocycles. The number of thiazole rings is 1. The van der Waals surface area contributed by atoms with Crippen molar-refractivity contribution < 1.29 is 9.90 Å². The van der Waals surface area contributed by atoms with Gasteiger partial charge in [0.05, 0.1) is 22.4 Å². The van der Waals surface area contributed by atoms with Crippen molar-refractivity contribution in [1.29, 1.82) is 0 Å². The van der Waals surface area contributed by atoms with Gasteiger partial charge >= 0.3 is 0 Å². The summed E-state index contributed by atoms with van der Waals surface area (Å²) in [6.07, 6.45) is 7.07. The second kappa shape index (κ2) is 7.01. The number of rotatable bonds is 4. The quantitative estimate of drug-likeness (QED) is 0.812. The lowest BCUT2D eigenvalue weighted by Gasteiger charge is -2.60. The molecule has 6 heteroatoms. The fraction of sp³-hybridized carbons (Fsp3) is 0.667. The number of amides is 1. The maximum atomic E-state index is 13.2. The van der Waals surface area contributed by atoms with Crippen LogP contribution >= 0.6 is 11.3 Å². The Labute approximate surface area is 182 Å². The molecule has 30 heavy (non-hydrogen) atoms. The van der Waals surface area contributed by atoms with Crippen molar-refractivity contribution in [3.63, 3.8) is 0 Å². The fourth-order valence-electron chi connectivity index (χ4n) is 7.38. The van der Waals surface area contributed by atoms with Crippen LogP contribution in [0, 0.1) is 17.3 Å². The Morgan fingerprint density at radius 3 is 2.53 bits per heavy atom. The molecule has 4 aliphatic carbocycles. The largest absolute Gasteiger partial charge is 0.390 e. The third-order valence-corrected chi connectivity index (χ3v) is 9.12. The molecule has 2 unspecified atom stereocenters. The Hall–Kier alpha value is -1.50. The van der Waals surface area contributed by atoms with Crippen LogP contribution in [0.4, 0.5) is 0 Å². The van der Waals surface area contributed by atoms with Crippen LogP contribution in [0.15, 0.2) is 24.3 Å². The van der Waals surface area contributed by atoms with Crippen LogP contribution in [-0.2, 0) is 11.3 Å². The van der Waals surface area contributed by atoms with Crippen molar-refractivity contribution in [2.24, 2.45) is 17.3 Å². The molecule has 1 aromatic carbocycles. The summed E-state index contributed by atoms with van der Waals surface area (Å²) in [4.78, 5) is 22.5. The molecule has 1 saturated heterocycles. The Morgan fingerprint density at radius 2 is 1.83 bits per heavy atom. The number of aliphatic hydroxyl groups is 1. The lowest BCUT2D eigenvalue weighted by molar-refractivity contribution is -0.172. The van der Waals surface area contributed by atoms with Crippen molar-refractivity contribution in [2.45, 2.75) is 57.1 Å². The number of piperazine rings is 1. The number of nitrogens with zero attached hydrogens (tertiary/aromatic N) is 3. The van der Waals surface area contributed by atoms with Gasteiger partial charge in [0.15, 0.2) is 0 Å². The van der Waals surface area contributed by atoms with Crippen LogP contribution in [0.25, 0.3) is 10.2 Å². The highest BCUT2D eigenvalue weighted by atomic mass is 32.1. The molecule has 4 bridgehead atoms. The second-order valence-electron chi connectivity index (χ2n) is 10.6. The van der Waals surface area contributed by atoms with Gasteiger partial charge in [0.25, 0.3) is 0 Å². The topological polar surface area (TPSA) is 56.7 Å². The Bertz CT molecular complexity index is 917. The first-order valence-electron chi connectivity index (χ1n) is 11.5. The maximum absolute atomic E-state index is 13.2. The average molecular weight is 426 g/mol. The normalized spacial score (nSPS) is 36.0. The van der Waals surface area contributed by atoms with Gasteiger partial charge < -0.3 is 10.0 Å². The van der Waals surface area contributed by atoms with E-state index in [-0.39, 0.29) is 5.41 Å². The number of fused-ring (bicyclic) bond motifs is 1. The van der Waals surface area contributed by atoms with Gasteiger partial charge in [-0.2, -0.15) is 0 Å². The summed E-state index contributed by atoms with van der Waals surface area (Å²) < 4.78 is 1.25. The molecule has 5 aliphatic rings. The van der Waals surface area contributed by atoms with Crippen LogP contribution in [0.2, 0.25) is 0 Å². The molecule has 1 N–H and O–H groups in total. The van der Waals surface area contributed by atoms with E-state index in [0.29, 0.717) is 24.2 Å². The van der Waals surface area contributed by atoms with E-state index < -0.39 is 5.60 Å². The standard InChI is InChI=1S/C24H31N3O2S/c28-22(14-23-10-17-9-18(11-23)13-24(29,12-17)16-23)27-7-5-26(6-8-27)15-21-25-19-3-1-2-4-20(19)30-21/h1-4,17-18,29H,5-16H2/t17-,18+,23?,24?. The third kappa shape index (κ3) is 3.47. The van der Waals surface area contributed by atoms with E-state index in [0.717, 1.165) is 75.4 Å². The average Bonchev–Trinajstić information content (AvgIpc) is 3.08. The first-order valence-corrected chi connectivity index (χ1v) is 12.4. The number of hydrogen-bond acceptors (Lipinski definition) is 5. The SMILES string of the molecule is O=C(CC12C[C@@H]3C[C@@H](CC(O)(C3)C1)C2)N1CCN(Cc2nc3ccccc3s2)CC1. The highest BCUT2D eigenvalue weighted by molar-refractivity contribution is 7.18. The highest BCUT2D eigenvalue weighted by Crippen LogP contribution is 2.62. The zero-order chi connectivity index (χ0) is 20.3. The molecule has 0 radical (unpaired) electrons. The van der Waals surface area contributed by atoms with Gasteiger partial charge in [-0.05, 0) is 67.9 Å². The van der Waals surface area contributed by atoms with E-state index in [4.69, 9.17) is 4.98 Å². The molecule has 5 fully saturated rings. The first-order chi connectivity index (χ1) is 14.5. The number of aromatic nitrogens is 1. The lowest BCUT2D eigenvalue weighted by Crippen LogP contribution is -2.57. The van der Waals surface area contributed by atoms with Gasteiger partial charge in [-0.15, -0.1) is 11.3 Å². The zero-order valence-corrected chi connectivity index (χ0v) is 18.4. The number of carbonyl (C=O) groups is 1. The molecule has 7 rings (SSSR count). The van der Waals surface area contributed by atoms with E-state index in [9.17, 15) is 9.90 Å². The third-order valence-electron chi connectivity index (χ3n) is 8.10. The van der Waals surface area contributed by atoms with Gasteiger partial charge in [-0.1, -0.05) is 12.1 Å². The van der Waals surface area contributed by atoms with Gasteiger partial charge in [0.1, 0.15) is 5.01 Å². The Morgan fingerprint density at radius 1 is 1.10 bits per heavy atom. The van der Waals surface area contributed by atoms with Gasteiger partial charge in [-0.3, -0.25) is 9.69 Å². The zero-order valence-electron chi connectivity index (χ0n) is 17.6. The van der Waals surface area contributed by atoms with E-state index in [1.807, 2.05) is 6.07 Å². The van der Waals surface area contributed by atoms with Crippen molar-refractivity contribution >= 4 is 27.5 Å². The summed E-state index contributed by atoms with van der Waals surface area (Å²) >= 11 is 1.78. The Balaban J connectivity index is 1.06. The molecule has 4 saturated carbocycles. The minimum atomic E-state index is -0.472. The summed E-state index contributed by atoms with van der Waals surface area (Å²) in [7, 11) is 0. The van der Waals surface area contributed by atoms with Gasteiger partial charge in [0, 0.05) is 32.6 Å². The molecule has 1 amide bonds. The van der Waals surface area contributed by atoms with Crippen molar-refractivity contribution in [2.75, 3.05) is 26.2 Å². The van der Waals surface area contributed by atoms with Gasteiger partial charge in [-0.25, -0.2) is 4.98 Å². The van der Waals surface area contributed by atoms with E-state index in [1.54, 1.807) is 11.3 Å². The van der Waals surface area contributed by atoms with Crippen LogP contribution in [-0.4, -0.2) is 57.6 Å². The predicted molar refractivity (Wildman–Crippen MR) is 118 cm³/mol. The number of carbonyl (C=O) groups excluding carboxylic acids is 1. The summed E-state index contributed by atoms with van der Waals surface area (Å²) in [6, 6.07) is 8.32. The van der Waals surface area contributed by atoms with Crippen LogP contribution in [0.1, 0.15) is 50.0 Å². The molecule has 1 aliphatic heterocycles. The summed E-state index contributed by atoms with van der Waals surface area (Å²) in [5, 5.41) is 12.1. The molecular formula is C24H31N3O2S. The minimum Gasteiger partial charge on any atom is -0.390 e. The van der Waals surface area contributed by atoms with E-state index in [1.165, 1.54) is 11.1 Å². The lowest BCUT2D eigenvalue weighted by atomic mass is 9.47. The maximum Gasteiger partial charge on any atom is 0.223 e. The van der Waals surface area contributed by atoms with Crippen molar-refractivity contribution in [1.82, 2.24) is 14.8 Å². The molecule has 2 aromatic rings. The van der Waals surface area contributed by atoms with E-state index in [2.05, 4.69) is 28.0 Å². The summed E-state index contributed by atoms with van der Waals surface area (Å²) in [5.41, 5.74) is 0.692. The van der Waals surface area contributed by atoms with Crippen LogP contribution in [0.3, 0.4) is 0 Å². The van der Waals surface area contributed by atoms with Crippen LogP contribution in [0.5, 0.6) is 0 Å². The first kappa shape index (κ1) is 19.2. The molecule has 5 nitrogen and oxygen atoms in total. The molecule has 0 spiro atoms. The monoisotopic (exact) mass is 425 g/mol. The number of benzene rings is 1. The number of para-hydroxylation sites is 1. The minimum absolute atomic E-state index is 0.0774. The van der Waals surface area contributed by atoms with Gasteiger partial charge in [0.2, 0.25) is 5.91 Å². The highest BCUT2D eigenvalue weighted by Gasteiger charge is 2.57. The summed E-state index contributed by atoms with van der Waals surface area (Å²) in [6.45, 7) is 4.35. The van der Waals surface area contributed by atoms with Crippen LogP contribution < -0.4 is 0 Å².